The quantitative estimate of drug-likeness (QED) is 0.900. The molecule has 0 bridgehead atoms. The minimum atomic E-state index is 0.0185. The largest absolute Gasteiger partial charge is 0.375 e. The van der Waals surface area contributed by atoms with Crippen molar-refractivity contribution in [3.8, 4) is 0 Å². The molecule has 1 aromatic heterocycles. The Bertz CT molecular complexity index is 367. The van der Waals surface area contributed by atoms with Crippen LogP contribution in [-0.2, 0) is 11.3 Å². The molecule has 0 spiro atoms. The van der Waals surface area contributed by atoms with Crippen LogP contribution in [0.2, 0.25) is 0 Å². The van der Waals surface area contributed by atoms with Gasteiger partial charge >= 0.3 is 0 Å². The van der Waals surface area contributed by atoms with Crippen molar-refractivity contribution in [2.45, 2.75) is 58.7 Å². The summed E-state index contributed by atoms with van der Waals surface area (Å²) < 4.78 is 5.72. The first-order valence-electron chi connectivity index (χ1n) is 6.26. The second-order valence-corrected chi connectivity index (χ2v) is 6.72. The van der Waals surface area contributed by atoms with Gasteiger partial charge in [0, 0.05) is 24.1 Å². The molecule has 1 atom stereocenters. The highest BCUT2D eigenvalue weighted by atomic mass is 32.1. The molecule has 3 nitrogen and oxygen atoms in total. The summed E-state index contributed by atoms with van der Waals surface area (Å²) in [5, 5.41) is 4.80. The molecule has 0 aromatic carbocycles. The van der Waals surface area contributed by atoms with E-state index in [1.807, 2.05) is 0 Å². The smallest absolute Gasteiger partial charge is 0.107 e. The molecule has 96 valence electrons. The van der Waals surface area contributed by atoms with Gasteiger partial charge in [0.15, 0.2) is 0 Å². The van der Waals surface area contributed by atoms with Crippen molar-refractivity contribution in [3.05, 3.63) is 15.6 Å². The highest BCUT2D eigenvalue weighted by Gasteiger charge is 2.28. The minimum absolute atomic E-state index is 0.0185. The highest BCUT2D eigenvalue weighted by Crippen LogP contribution is 2.24. The molecule has 1 saturated heterocycles. The molecule has 1 N–H and O–H groups in total. The first-order valence-corrected chi connectivity index (χ1v) is 7.08. The molecule has 0 saturated carbocycles. The summed E-state index contributed by atoms with van der Waals surface area (Å²) >= 11 is 1.80. The lowest BCUT2D eigenvalue weighted by Crippen LogP contribution is -2.43. The van der Waals surface area contributed by atoms with E-state index in [2.05, 4.69) is 38.0 Å². The van der Waals surface area contributed by atoms with E-state index in [0.29, 0.717) is 6.04 Å². The van der Waals surface area contributed by atoms with E-state index in [-0.39, 0.29) is 5.60 Å². The lowest BCUT2D eigenvalue weighted by Gasteiger charge is -2.35. The van der Waals surface area contributed by atoms with E-state index >= 15 is 0 Å². The van der Waals surface area contributed by atoms with Gasteiger partial charge in [-0.05, 0) is 40.5 Å². The second kappa shape index (κ2) is 5.04. The fraction of sp³-hybridized carbons (Fsp3) is 0.769. The average Bonchev–Trinajstić information content (AvgIpc) is 2.54. The number of aryl methyl sites for hydroxylation is 2. The van der Waals surface area contributed by atoms with Crippen LogP contribution in [0.1, 0.15) is 42.3 Å². The lowest BCUT2D eigenvalue weighted by molar-refractivity contribution is -0.0630. The summed E-state index contributed by atoms with van der Waals surface area (Å²) in [6.45, 7) is 10.3. The first kappa shape index (κ1) is 13.0. The minimum Gasteiger partial charge on any atom is -0.375 e. The van der Waals surface area contributed by atoms with Crippen LogP contribution in [0.5, 0.6) is 0 Å². The Hall–Kier alpha value is -0.450. The number of ether oxygens (including phenoxy) is 1. The van der Waals surface area contributed by atoms with Gasteiger partial charge in [-0.3, -0.25) is 0 Å². The third-order valence-corrected chi connectivity index (χ3v) is 4.38. The van der Waals surface area contributed by atoms with Crippen LogP contribution in [-0.4, -0.2) is 23.2 Å². The molecule has 17 heavy (non-hydrogen) atoms. The molecular weight excluding hydrogens is 232 g/mol. The number of nitrogens with zero attached hydrogens (tertiary/aromatic N) is 1. The van der Waals surface area contributed by atoms with Crippen LogP contribution >= 0.6 is 11.3 Å². The van der Waals surface area contributed by atoms with Crippen LogP contribution in [0.25, 0.3) is 0 Å². The molecule has 1 aliphatic heterocycles. The predicted octanol–water partition coefficient (Wildman–Crippen LogP) is 2.81. The van der Waals surface area contributed by atoms with E-state index in [9.17, 15) is 0 Å². The van der Waals surface area contributed by atoms with Crippen molar-refractivity contribution in [2.24, 2.45) is 0 Å². The topological polar surface area (TPSA) is 34.2 Å². The Labute approximate surface area is 108 Å². The van der Waals surface area contributed by atoms with Crippen LogP contribution in [0.4, 0.5) is 0 Å². The molecule has 0 amide bonds. The number of hydrogen-bond donors (Lipinski definition) is 1. The molecule has 0 radical (unpaired) electrons. The van der Waals surface area contributed by atoms with Crippen molar-refractivity contribution in [3.63, 3.8) is 0 Å². The van der Waals surface area contributed by atoms with Gasteiger partial charge in [-0.25, -0.2) is 4.98 Å². The van der Waals surface area contributed by atoms with Crippen LogP contribution in [0.3, 0.4) is 0 Å². The summed E-state index contributed by atoms with van der Waals surface area (Å²) in [7, 11) is 0. The number of nitrogens with one attached hydrogen (secondary N) is 1. The second-order valence-electron chi connectivity index (χ2n) is 5.43. The maximum atomic E-state index is 5.72. The summed E-state index contributed by atoms with van der Waals surface area (Å²) in [6, 6.07) is 0.559. The van der Waals surface area contributed by atoms with E-state index in [0.717, 1.165) is 26.0 Å². The molecule has 2 rings (SSSR count). The molecule has 0 aliphatic carbocycles. The van der Waals surface area contributed by atoms with Gasteiger partial charge in [0.2, 0.25) is 0 Å². The highest BCUT2D eigenvalue weighted by molar-refractivity contribution is 7.11. The Kier molecular flexibility index (Phi) is 3.85. The van der Waals surface area contributed by atoms with E-state index < -0.39 is 0 Å². The number of thiazole rings is 1. The normalized spacial score (nSPS) is 23.9. The zero-order valence-electron chi connectivity index (χ0n) is 11.2. The number of aromatic nitrogens is 1. The predicted molar refractivity (Wildman–Crippen MR) is 71.5 cm³/mol. The summed E-state index contributed by atoms with van der Waals surface area (Å²) in [5.74, 6) is 0. The van der Waals surface area contributed by atoms with E-state index in [1.165, 1.54) is 15.6 Å². The van der Waals surface area contributed by atoms with Gasteiger partial charge in [-0.15, -0.1) is 11.3 Å². The lowest BCUT2D eigenvalue weighted by atomic mass is 9.94. The van der Waals surface area contributed by atoms with Gasteiger partial charge in [-0.1, -0.05) is 0 Å². The molecule has 1 unspecified atom stereocenters. The Balaban J connectivity index is 1.86. The van der Waals surface area contributed by atoms with Crippen LogP contribution in [0.15, 0.2) is 0 Å². The van der Waals surface area contributed by atoms with Crippen molar-refractivity contribution >= 4 is 11.3 Å². The Morgan fingerprint density at radius 3 is 2.82 bits per heavy atom. The standard InChI is InChI=1S/C13H22N2OS/c1-9-10(2)17-12(15-9)8-14-11-5-6-16-13(3,4)7-11/h11,14H,5-8H2,1-4H3. The van der Waals surface area contributed by atoms with Crippen LogP contribution < -0.4 is 5.32 Å². The maximum absolute atomic E-state index is 5.72. The van der Waals surface area contributed by atoms with Gasteiger partial charge in [0.25, 0.3) is 0 Å². The van der Waals surface area contributed by atoms with Crippen molar-refractivity contribution in [1.82, 2.24) is 10.3 Å². The number of rotatable bonds is 3. The maximum Gasteiger partial charge on any atom is 0.107 e. The van der Waals surface area contributed by atoms with Gasteiger partial charge in [0.05, 0.1) is 11.3 Å². The van der Waals surface area contributed by atoms with Gasteiger partial charge in [0.1, 0.15) is 5.01 Å². The molecule has 2 heterocycles. The van der Waals surface area contributed by atoms with Crippen LogP contribution in [0, 0.1) is 13.8 Å². The fourth-order valence-electron chi connectivity index (χ4n) is 2.25. The molecule has 1 aromatic rings. The molecule has 1 fully saturated rings. The molecule has 4 heteroatoms. The Morgan fingerprint density at radius 1 is 1.47 bits per heavy atom. The zero-order valence-corrected chi connectivity index (χ0v) is 12.0. The average molecular weight is 254 g/mol. The zero-order chi connectivity index (χ0) is 12.5. The van der Waals surface area contributed by atoms with Gasteiger partial charge in [-0.2, -0.15) is 0 Å². The first-order chi connectivity index (χ1) is 7.96. The third-order valence-electron chi connectivity index (χ3n) is 3.31. The molecular formula is C13H22N2OS. The third kappa shape index (κ3) is 3.50. The summed E-state index contributed by atoms with van der Waals surface area (Å²) in [5.41, 5.74) is 1.18. The summed E-state index contributed by atoms with van der Waals surface area (Å²) in [4.78, 5) is 5.88. The molecule has 1 aliphatic rings. The monoisotopic (exact) mass is 254 g/mol. The van der Waals surface area contributed by atoms with E-state index in [1.54, 1.807) is 11.3 Å². The SMILES string of the molecule is Cc1nc(CNC2CCOC(C)(C)C2)sc1C. The Morgan fingerprint density at radius 2 is 2.24 bits per heavy atom. The van der Waals surface area contributed by atoms with E-state index in [4.69, 9.17) is 4.74 Å². The fourth-order valence-corrected chi connectivity index (χ4v) is 3.14. The number of hydrogen-bond acceptors (Lipinski definition) is 4. The van der Waals surface area contributed by atoms with Gasteiger partial charge < -0.3 is 10.1 Å². The summed E-state index contributed by atoms with van der Waals surface area (Å²) in [6.07, 6.45) is 2.18. The van der Waals surface area contributed by atoms with Crippen molar-refractivity contribution in [2.75, 3.05) is 6.61 Å². The van der Waals surface area contributed by atoms with Crippen molar-refractivity contribution in [1.29, 1.82) is 0 Å². The van der Waals surface area contributed by atoms with Crippen molar-refractivity contribution < 1.29 is 4.74 Å².